The fourth-order valence-electron chi connectivity index (χ4n) is 6.74. The van der Waals surface area contributed by atoms with E-state index in [0.29, 0.717) is 0 Å². The molecule has 0 saturated carbocycles. The zero-order chi connectivity index (χ0) is 25.0. The van der Waals surface area contributed by atoms with Crippen LogP contribution in [0.3, 0.4) is 0 Å². The second-order valence-electron chi connectivity index (χ2n) is 10.3. The molecule has 0 spiro atoms. The Kier molecular flexibility index (Phi) is 5.04. The van der Waals surface area contributed by atoms with Crippen LogP contribution in [0.4, 0.5) is 17.1 Å². The van der Waals surface area contributed by atoms with Crippen molar-refractivity contribution in [2.24, 2.45) is 0 Å². The lowest BCUT2D eigenvalue weighted by molar-refractivity contribution is -0.672. The van der Waals surface area contributed by atoms with Crippen molar-refractivity contribution < 1.29 is 4.57 Å². The molecular formula is C35H31N2+. The zero-order valence-corrected chi connectivity index (χ0v) is 21.5. The minimum Gasteiger partial charge on any atom is -0.310 e. The lowest BCUT2D eigenvalue weighted by Gasteiger charge is -2.32. The molecule has 2 heterocycles. The van der Waals surface area contributed by atoms with Crippen LogP contribution in [0.15, 0.2) is 115 Å². The third-order valence-corrected chi connectivity index (χ3v) is 8.62. The average molecular weight is 480 g/mol. The van der Waals surface area contributed by atoms with Crippen LogP contribution in [0.5, 0.6) is 0 Å². The molecule has 0 saturated heterocycles. The second kappa shape index (κ2) is 8.45. The zero-order valence-electron chi connectivity index (χ0n) is 21.5. The molecule has 0 amide bonds. The number of pyridine rings is 1. The molecule has 37 heavy (non-hydrogen) atoms. The number of benzene rings is 4. The van der Waals surface area contributed by atoms with Gasteiger partial charge >= 0.3 is 0 Å². The highest BCUT2D eigenvalue weighted by Gasteiger charge is 2.43. The first-order valence-corrected chi connectivity index (χ1v) is 13.4. The summed E-state index contributed by atoms with van der Waals surface area (Å²) in [4.78, 5) is 2.38. The Balaban J connectivity index is 1.42. The molecule has 0 radical (unpaired) electrons. The van der Waals surface area contributed by atoms with Crippen molar-refractivity contribution in [2.45, 2.75) is 38.6 Å². The largest absolute Gasteiger partial charge is 0.310 e. The predicted octanol–water partition coefficient (Wildman–Crippen LogP) is 8.56. The highest BCUT2D eigenvalue weighted by molar-refractivity contribution is 5.88. The molecule has 180 valence electrons. The molecule has 0 N–H and O–H groups in total. The number of aromatic nitrogens is 1. The number of fused-ring (bicyclic) bond motifs is 6. The summed E-state index contributed by atoms with van der Waals surface area (Å²) in [5, 5.41) is 0. The maximum Gasteiger partial charge on any atom is 0.213 e. The average Bonchev–Trinajstić information content (AvgIpc) is 3.45. The van der Waals surface area contributed by atoms with Gasteiger partial charge < -0.3 is 4.90 Å². The van der Waals surface area contributed by atoms with Gasteiger partial charge in [0.15, 0.2) is 12.7 Å². The third-order valence-electron chi connectivity index (χ3n) is 8.62. The van der Waals surface area contributed by atoms with E-state index in [1.807, 2.05) is 0 Å². The van der Waals surface area contributed by atoms with E-state index in [2.05, 4.69) is 139 Å². The highest BCUT2D eigenvalue weighted by atomic mass is 15.1. The van der Waals surface area contributed by atoms with Crippen LogP contribution in [0.2, 0.25) is 0 Å². The lowest BCUT2D eigenvalue weighted by Crippen LogP contribution is -2.31. The summed E-state index contributed by atoms with van der Waals surface area (Å²) in [6, 6.07) is 40.1. The number of nitrogens with zero attached hydrogens (tertiary/aromatic N) is 2. The quantitative estimate of drug-likeness (QED) is 0.225. The second-order valence-corrected chi connectivity index (χ2v) is 10.3. The highest BCUT2D eigenvalue weighted by Crippen LogP contribution is 2.55. The van der Waals surface area contributed by atoms with Crippen molar-refractivity contribution in [2.75, 3.05) is 4.90 Å². The van der Waals surface area contributed by atoms with Gasteiger partial charge in [-0.25, -0.2) is 0 Å². The molecule has 0 fully saturated rings. The van der Waals surface area contributed by atoms with Crippen LogP contribution >= 0.6 is 0 Å². The Morgan fingerprint density at radius 1 is 0.622 bits per heavy atom. The molecule has 7 rings (SSSR count). The maximum atomic E-state index is 2.52. The van der Waals surface area contributed by atoms with Crippen molar-refractivity contribution in [3.63, 3.8) is 0 Å². The first-order valence-electron chi connectivity index (χ1n) is 13.4. The summed E-state index contributed by atoms with van der Waals surface area (Å²) in [6.07, 6.45) is 4.36. The van der Waals surface area contributed by atoms with E-state index in [1.54, 1.807) is 0 Å². The molecule has 2 heteroatoms. The van der Waals surface area contributed by atoms with Gasteiger partial charge in [-0.05, 0) is 89.7 Å². The molecule has 1 aliphatic heterocycles. The Morgan fingerprint density at radius 2 is 1.27 bits per heavy atom. The van der Waals surface area contributed by atoms with Gasteiger partial charge in [0.25, 0.3) is 0 Å². The first-order chi connectivity index (χ1) is 18.2. The Bertz CT molecular complexity index is 1580. The molecule has 0 unspecified atom stereocenters. The van der Waals surface area contributed by atoms with E-state index in [-0.39, 0.29) is 5.41 Å². The lowest BCUT2D eigenvalue weighted by atomic mass is 9.73. The van der Waals surface area contributed by atoms with Crippen molar-refractivity contribution in [1.82, 2.24) is 0 Å². The van der Waals surface area contributed by atoms with Gasteiger partial charge in [-0.2, -0.15) is 4.57 Å². The summed E-state index contributed by atoms with van der Waals surface area (Å²) in [7, 11) is 0. The van der Waals surface area contributed by atoms with E-state index >= 15 is 0 Å². The van der Waals surface area contributed by atoms with Gasteiger partial charge in [0.05, 0.1) is 5.56 Å². The molecule has 1 aliphatic carbocycles. The minimum absolute atomic E-state index is 0.0109. The summed E-state index contributed by atoms with van der Waals surface area (Å²) < 4.78 is 2.38. The molecular weight excluding hydrogens is 448 g/mol. The van der Waals surface area contributed by atoms with Crippen molar-refractivity contribution in [1.29, 1.82) is 0 Å². The SMILES string of the molecule is CCC1(CC)c2cc(N(c3ccccc3)c3ccccc3)ccc2-c2cc3c(cc21)-c1cccc[n+]1C3. The third kappa shape index (κ3) is 3.22. The molecule has 4 aromatic carbocycles. The number of para-hydroxylation sites is 2. The maximum absolute atomic E-state index is 2.52. The van der Waals surface area contributed by atoms with Gasteiger partial charge in [-0.15, -0.1) is 0 Å². The Morgan fingerprint density at radius 3 is 1.95 bits per heavy atom. The normalized spacial score (nSPS) is 14.0. The van der Waals surface area contributed by atoms with Crippen LogP contribution in [0, 0.1) is 0 Å². The van der Waals surface area contributed by atoms with Gasteiger partial charge in [0, 0.05) is 40.2 Å². The molecule has 0 atom stereocenters. The van der Waals surface area contributed by atoms with Crippen LogP contribution in [0.1, 0.15) is 43.4 Å². The first kappa shape index (κ1) is 22.1. The Labute approximate surface area is 219 Å². The number of hydrogen-bond donors (Lipinski definition) is 0. The van der Waals surface area contributed by atoms with Gasteiger partial charge in [0.2, 0.25) is 5.69 Å². The van der Waals surface area contributed by atoms with E-state index in [4.69, 9.17) is 0 Å². The van der Waals surface area contributed by atoms with Gasteiger partial charge in [-0.1, -0.05) is 56.3 Å². The number of rotatable bonds is 5. The minimum atomic E-state index is 0.0109. The summed E-state index contributed by atoms with van der Waals surface area (Å²) in [5.41, 5.74) is 13.5. The van der Waals surface area contributed by atoms with E-state index in [0.717, 1.165) is 19.4 Å². The molecule has 5 aromatic rings. The van der Waals surface area contributed by atoms with Crippen LogP contribution < -0.4 is 9.47 Å². The molecule has 2 nitrogen and oxygen atoms in total. The molecule has 2 aliphatic rings. The number of anilines is 3. The fraction of sp³-hybridized carbons (Fsp3) is 0.171. The number of hydrogen-bond acceptors (Lipinski definition) is 1. The van der Waals surface area contributed by atoms with E-state index in [9.17, 15) is 0 Å². The van der Waals surface area contributed by atoms with Crippen molar-refractivity contribution in [3.05, 3.63) is 132 Å². The van der Waals surface area contributed by atoms with Crippen LogP contribution in [0.25, 0.3) is 22.4 Å². The van der Waals surface area contributed by atoms with E-state index in [1.165, 1.54) is 56.1 Å². The fourth-order valence-corrected chi connectivity index (χ4v) is 6.74. The van der Waals surface area contributed by atoms with Crippen molar-refractivity contribution >= 4 is 17.1 Å². The topological polar surface area (TPSA) is 7.12 Å². The van der Waals surface area contributed by atoms with Crippen molar-refractivity contribution in [3.8, 4) is 22.4 Å². The van der Waals surface area contributed by atoms with Gasteiger partial charge in [-0.3, -0.25) is 0 Å². The summed E-state index contributed by atoms with van der Waals surface area (Å²) >= 11 is 0. The van der Waals surface area contributed by atoms with Crippen LogP contribution in [-0.2, 0) is 12.0 Å². The van der Waals surface area contributed by atoms with E-state index < -0.39 is 0 Å². The molecule has 1 aromatic heterocycles. The summed E-state index contributed by atoms with van der Waals surface area (Å²) in [6.45, 7) is 5.67. The summed E-state index contributed by atoms with van der Waals surface area (Å²) in [5.74, 6) is 0. The Hall–Kier alpha value is -4.17. The molecule has 0 bridgehead atoms. The standard InChI is InChI=1S/C35H31N2/c1-3-35(4-2)32-22-28(37(26-13-7-5-8-14-26)27-15-9-6-10-16-27)18-19-29(32)31-21-25-24-36-20-12-11-17-34(36)30(25)23-33(31)35/h5-23H,3-4,24H2,1-2H3/q+1. The predicted molar refractivity (Wildman–Crippen MR) is 153 cm³/mol. The smallest absolute Gasteiger partial charge is 0.213 e. The van der Waals surface area contributed by atoms with Gasteiger partial charge in [0.1, 0.15) is 0 Å². The van der Waals surface area contributed by atoms with Crippen LogP contribution in [-0.4, -0.2) is 0 Å². The monoisotopic (exact) mass is 479 g/mol.